The van der Waals surface area contributed by atoms with E-state index in [-0.39, 0.29) is 16.6 Å². The highest BCUT2D eigenvalue weighted by atomic mass is 35.5. The molecule has 1 rings (SSSR count). The van der Waals surface area contributed by atoms with Gasteiger partial charge in [0.05, 0.1) is 15.6 Å². The van der Waals surface area contributed by atoms with Crippen molar-refractivity contribution < 1.29 is 8.42 Å². The first-order chi connectivity index (χ1) is 7.67. The minimum absolute atomic E-state index is 0.114. The molecule has 0 aliphatic carbocycles. The zero-order chi connectivity index (χ0) is 13.4. The van der Waals surface area contributed by atoms with Gasteiger partial charge in [-0.25, -0.2) is 8.42 Å². The topological polar surface area (TPSA) is 63.4 Å². The van der Waals surface area contributed by atoms with Gasteiger partial charge in [0, 0.05) is 13.1 Å². The maximum atomic E-state index is 12.2. The number of anilines is 1. The number of nitrogens with two attached hydrogens (primary N) is 1. The Bertz CT molecular complexity index is 503. The molecule has 96 valence electrons. The fraction of sp³-hybridized carbons (Fsp3) is 0.455. The number of hydrogen-bond acceptors (Lipinski definition) is 3. The van der Waals surface area contributed by atoms with Gasteiger partial charge in [-0.05, 0) is 38.5 Å². The van der Waals surface area contributed by atoms with Crippen molar-refractivity contribution in [2.75, 3.05) is 12.8 Å². The molecule has 0 atom stereocenters. The van der Waals surface area contributed by atoms with Crippen molar-refractivity contribution in [1.82, 2.24) is 4.31 Å². The molecule has 0 saturated heterocycles. The van der Waals surface area contributed by atoms with E-state index in [4.69, 9.17) is 17.3 Å². The van der Waals surface area contributed by atoms with Crippen LogP contribution in [0.4, 0.5) is 5.69 Å². The summed E-state index contributed by atoms with van der Waals surface area (Å²) in [4.78, 5) is 0.174. The molecular formula is C11H17ClN2O2S. The molecule has 0 bridgehead atoms. The molecule has 0 fully saturated rings. The van der Waals surface area contributed by atoms with Crippen molar-refractivity contribution in [3.8, 4) is 0 Å². The summed E-state index contributed by atoms with van der Waals surface area (Å²) in [6, 6.07) is 2.81. The number of aryl methyl sites for hydroxylation is 1. The van der Waals surface area contributed by atoms with Gasteiger partial charge in [0.15, 0.2) is 0 Å². The summed E-state index contributed by atoms with van der Waals surface area (Å²) < 4.78 is 25.7. The summed E-state index contributed by atoms with van der Waals surface area (Å²) in [6.07, 6.45) is 0. The fourth-order valence-electron chi connectivity index (χ4n) is 1.36. The van der Waals surface area contributed by atoms with Crippen molar-refractivity contribution >= 4 is 27.3 Å². The molecule has 2 N–H and O–H groups in total. The quantitative estimate of drug-likeness (QED) is 0.862. The van der Waals surface area contributed by atoms with Crippen LogP contribution in [0.25, 0.3) is 0 Å². The molecule has 0 heterocycles. The maximum absolute atomic E-state index is 12.2. The van der Waals surface area contributed by atoms with Crippen molar-refractivity contribution in [2.24, 2.45) is 0 Å². The van der Waals surface area contributed by atoms with Gasteiger partial charge in [-0.15, -0.1) is 0 Å². The van der Waals surface area contributed by atoms with Crippen LogP contribution in [0.3, 0.4) is 0 Å². The Balaban J connectivity index is 3.35. The summed E-state index contributed by atoms with van der Waals surface area (Å²) in [6.45, 7) is 5.35. The van der Waals surface area contributed by atoms with E-state index in [2.05, 4.69) is 0 Å². The van der Waals surface area contributed by atoms with Gasteiger partial charge in [0.1, 0.15) is 0 Å². The summed E-state index contributed by atoms with van der Waals surface area (Å²) in [5.41, 5.74) is 6.61. The zero-order valence-electron chi connectivity index (χ0n) is 10.4. The highest BCUT2D eigenvalue weighted by Crippen LogP contribution is 2.28. The van der Waals surface area contributed by atoms with Gasteiger partial charge in [-0.1, -0.05) is 11.6 Å². The number of rotatable bonds is 3. The lowest BCUT2D eigenvalue weighted by molar-refractivity contribution is 0.410. The van der Waals surface area contributed by atoms with Gasteiger partial charge in [-0.3, -0.25) is 0 Å². The van der Waals surface area contributed by atoms with Crippen LogP contribution in [-0.2, 0) is 10.0 Å². The van der Waals surface area contributed by atoms with Crippen LogP contribution in [0.15, 0.2) is 17.0 Å². The van der Waals surface area contributed by atoms with Crippen molar-refractivity contribution in [3.63, 3.8) is 0 Å². The van der Waals surface area contributed by atoms with E-state index in [9.17, 15) is 8.42 Å². The minimum Gasteiger partial charge on any atom is -0.397 e. The van der Waals surface area contributed by atoms with Crippen LogP contribution in [0.1, 0.15) is 19.4 Å². The SMILES string of the molecule is Cc1cc(S(=O)(=O)N(C)C(C)C)cc(N)c1Cl. The van der Waals surface area contributed by atoms with Gasteiger partial charge in [0.25, 0.3) is 0 Å². The molecule has 0 saturated carbocycles. The normalized spacial score (nSPS) is 12.4. The number of nitrogen functional groups attached to an aromatic ring is 1. The van der Waals surface area contributed by atoms with E-state index in [1.165, 1.54) is 16.4 Å². The molecule has 1 aromatic carbocycles. The third-order valence-electron chi connectivity index (χ3n) is 2.66. The predicted molar refractivity (Wildman–Crippen MR) is 70.7 cm³/mol. The molecule has 17 heavy (non-hydrogen) atoms. The Hall–Kier alpha value is -0.780. The van der Waals surface area contributed by atoms with Crippen LogP contribution >= 0.6 is 11.6 Å². The average molecular weight is 277 g/mol. The third-order valence-corrected chi connectivity index (χ3v) is 5.19. The van der Waals surface area contributed by atoms with E-state index in [0.717, 1.165) is 0 Å². The summed E-state index contributed by atoms with van der Waals surface area (Å²) in [7, 11) is -1.96. The van der Waals surface area contributed by atoms with E-state index >= 15 is 0 Å². The third kappa shape index (κ3) is 2.73. The smallest absolute Gasteiger partial charge is 0.243 e. The van der Waals surface area contributed by atoms with E-state index in [1.807, 2.05) is 13.8 Å². The number of halogens is 1. The molecule has 0 amide bonds. The second-order valence-corrected chi connectivity index (χ2v) is 6.63. The highest BCUT2D eigenvalue weighted by Gasteiger charge is 2.24. The van der Waals surface area contributed by atoms with Gasteiger partial charge >= 0.3 is 0 Å². The average Bonchev–Trinajstić information content (AvgIpc) is 2.23. The molecule has 0 spiro atoms. The second kappa shape index (κ2) is 4.84. The highest BCUT2D eigenvalue weighted by molar-refractivity contribution is 7.89. The number of benzene rings is 1. The Labute approximate surface area is 107 Å². The molecule has 0 aromatic heterocycles. The Morgan fingerprint density at radius 3 is 2.29 bits per heavy atom. The first-order valence-corrected chi connectivity index (χ1v) is 7.03. The largest absolute Gasteiger partial charge is 0.397 e. The Morgan fingerprint density at radius 1 is 1.35 bits per heavy atom. The van der Waals surface area contributed by atoms with Gasteiger partial charge < -0.3 is 5.73 Å². The molecule has 0 aliphatic heterocycles. The standard InChI is InChI=1S/C11H17ClN2O2S/c1-7(2)14(4)17(15,16)9-5-8(3)11(12)10(13)6-9/h5-7H,13H2,1-4H3. The number of nitrogens with zero attached hydrogens (tertiary/aromatic N) is 1. The van der Waals surface area contributed by atoms with Crippen LogP contribution in [-0.4, -0.2) is 25.8 Å². The van der Waals surface area contributed by atoms with Crippen molar-refractivity contribution in [2.45, 2.75) is 31.7 Å². The first-order valence-electron chi connectivity index (χ1n) is 5.21. The van der Waals surface area contributed by atoms with Crippen LogP contribution in [0, 0.1) is 6.92 Å². The first kappa shape index (κ1) is 14.3. The molecule has 6 heteroatoms. The summed E-state index contributed by atoms with van der Waals surface area (Å²) in [5, 5.41) is 0.399. The number of hydrogen-bond donors (Lipinski definition) is 1. The van der Waals surface area contributed by atoms with Crippen LogP contribution in [0.2, 0.25) is 5.02 Å². The lowest BCUT2D eigenvalue weighted by Gasteiger charge is -2.21. The Kier molecular flexibility index (Phi) is 4.06. The Morgan fingerprint density at radius 2 is 1.88 bits per heavy atom. The monoisotopic (exact) mass is 276 g/mol. The summed E-state index contributed by atoms with van der Waals surface area (Å²) in [5.74, 6) is 0. The lowest BCUT2D eigenvalue weighted by atomic mass is 10.2. The molecule has 4 nitrogen and oxygen atoms in total. The minimum atomic E-state index is -3.51. The van der Waals surface area contributed by atoms with E-state index in [0.29, 0.717) is 10.6 Å². The van der Waals surface area contributed by atoms with Gasteiger partial charge in [-0.2, -0.15) is 4.31 Å². The van der Waals surface area contributed by atoms with Crippen molar-refractivity contribution in [1.29, 1.82) is 0 Å². The fourth-order valence-corrected chi connectivity index (χ4v) is 2.95. The maximum Gasteiger partial charge on any atom is 0.243 e. The van der Waals surface area contributed by atoms with E-state index < -0.39 is 10.0 Å². The van der Waals surface area contributed by atoms with Crippen LogP contribution < -0.4 is 5.73 Å². The van der Waals surface area contributed by atoms with Crippen LogP contribution in [0.5, 0.6) is 0 Å². The molecule has 0 aliphatic rings. The zero-order valence-corrected chi connectivity index (χ0v) is 11.9. The molecule has 0 radical (unpaired) electrons. The summed E-state index contributed by atoms with van der Waals surface area (Å²) >= 11 is 5.91. The molecule has 1 aromatic rings. The lowest BCUT2D eigenvalue weighted by Crippen LogP contribution is -2.33. The number of sulfonamides is 1. The van der Waals surface area contributed by atoms with Crippen molar-refractivity contribution in [3.05, 3.63) is 22.7 Å². The van der Waals surface area contributed by atoms with Gasteiger partial charge in [0.2, 0.25) is 10.0 Å². The second-order valence-electron chi connectivity index (χ2n) is 4.26. The predicted octanol–water partition coefficient (Wildman–Crippen LogP) is 2.26. The molecule has 0 unspecified atom stereocenters. The molecular weight excluding hydrogens is 260 g/mol. The van der Waals surface area contributed by atoms with E-state index in [1.54, 1.807) is 14.0 Å².